The molecule has 42 heavy (non-hydrogen) atoms. The molecule has 0 bridgehead atoms. The number of aromatic nitrogens is 4. The van der Waals surface area contributed by atoms with Crippen molar-refractivity contribution in [2.45, 2.75) is 32.9 Å². The van der Waals surface area contributed by atoms with Crippen LogP contribution < -0.4 is 10.3 Å². The van der Waals surface area contributed by atoms with Gasteiger partial charge in [0.05, 0.1) is 41.5 Å². The Labute approximate surface area is 240 Å². The van der Waals surface area contributed by atoms with E-state index in [-0.39, 0.29) is 30.2 Å². The molecule has 5 aromatic rings. The molecule has 0 atom stereocenters. The lowest BCUT2D eigenvalue weighted by Crippen LogP contribution is -2.24. The molecule has 214 valence electrons. The number of halogens is 1. The molecule has 0 spiro atoms. The van der Waals surface area contributed by atoms with Gasteiger partial charge < -0.3 is 28.8 Å². The Morgan fingerprint density at radius 3 is 2.60 bits per heavy atom. The van der Waals surface area contributed by atoms with Crippen molar-refractivity contribution in [2.24, 2.45) is 0 Å². The molecule has 2 aromatic carbocycles. The van der Waals surface area contributed by atoms with Crippen LogP contribution in [-0.2, 0) is 24.4 Å². The van der Waals surface area contributed by atoms with E-state index in [9.17, 15) is 19.4 Å². The van der Waals surface area contributed by atoms with E-state index in [1.165, 1.54) is 18.2 Å². The van der Waals surface area contributed by atoms with Gasteiger partial charge in [-0.1, -0.05) is 18.2 Å². The number of imidazole rings is 1. The van der Waals surface area contributed by atoms with Crippen molar-refractivity contribution in [1.29, 1.82) is 5.26 Å². The van der Waals surface area contributed by atoms with Crippen molar-refractivity contribution in [3.63, 3.8) is 0 Å². The van der Waals surface area contributed by atoms with Crippen LogP contribution >= 0.6 is 0 Å². The van der Waals surface area contributed by atoms with Crippen molar-refractivity contribution in [3.05, 3.63) is 111 Å². The SMILES string of the molecule is COCCn1c(Cn2c(C)cc(-c3cccc(OCc4ccc(C#N)cc4F)n3)cc2=O)nc2ccc(C(O)O)cc21. The largest absolute Gasteiger partial charge is 0.473 e. The number of nitriles is 1. The van der Waals surface area contributed by atoms with Crippen molar-refractivity contribution >= 4 is 11.0 Å². The maximum atomic E-state index is 14.2. The van der Waals surface area contributed by atoms with E-state index in [1.54, 1.807) is 48.1 Å². The zero-order valence-electron chi connectivity index (χ0n) is 23.0. The van der Waals surface area contributed by atoms with Crippen LogP contribution in [0.15, 0.2) is 71.5 Å². The highest BCUT2D eigenvalue weighted by molar-refractivity contribution is 5.77. The predicted molar refractivity (Wildman–Crippen MR) is 152 cm³/mol. The number of hydrogen-bond donors (Lipinski definition) is 2. The molecule has 0 aliphatic carbocycles. The Hall–Kier alpha value is -4.89. The quantitative estimate of drug-likeness (QED) is 0.242. The number of rotatable bonds is 10. The zero-order valence-corrected chi connectivity index (χ0v) is 23.0. The number of ether oxygens (including phenoxy) is 2. The normalized spacial score (nSPS) is 11.3. The summed E-state index contributed by atoms with van der Waals surface area (Å²) in [5, 5.41) is 28.2. The van der Waals surface area contributed by atoms with E-state index in [1.807, 2.05) is 23.6 Å². The summed E-state index contributed by atoms with van der Waals surface area (Å²) in [4.78, 5) is 22.5. The van der Waals surface area contributed by atoms with E-state index >= 15 is 0 Å². The molecule has 0 radical (unpaired) electrons. The molecule has 5 rings (SSSR count). The zero-order chi connectivity index (χ0) is 29.8. The Bertz CT molecular complexity index is 1860. The monoisotopic (exact) mass is 569 g/mol. The second-order valence-electron chi connectivity index (χ2n) is 9.67. The molecule has 0 aliphatic heterocycles. The molecule has 2 N–H and O–H groups in total. The number of hydrogen-bond acceptors (Lipinski definition) is 8. The summed E-state index contributed by atoms with van der Waals surface area (Å²) in [5.74, 6) is 0.345. The Morgan fingerprint density at radius 2 is 1.88 bits per heavy atom. The molecule has 0 unspecified atom stereocenters. The summed E-state index contributed by atoms with van der Waals surface area (Å²) < 4.78 is 28.7. The van der Waals surface area contributed by atoms with Crippen LogP contribution in [0.25, 0.3) is 22.3 Å². The van der Waals surface area contributed by atoms with Crippen LogP contribution in [-0.4, -0.2) is 43.0 Å². The first-order valence-corrected chi connectivity index (χ1v) is 13.1. The molecular weight excluding hydrogens is 541 g/mol. The average Bonchev–Trinajstić information content (AvgIpc) is 3.33. The highest BCUT2D eigenvalue weighted by Crippen LogP contribution is 2.24. The molecular formula is C31H28FN5O5. The van der Waals surface area contributed by atoms with Gasteiger partial charge >= 0.3 is 0 Å². The number of aliphatic hydroxyl groups is 2. The minimum absolute atomic E-state index is 0.0720. The van der Waals surface area contributed by atoms with Crippen LogP contribution in [0.1, 0.15) is 34.5 Å². The third-order valence-corrected chi connectivity index (χ3v) is 6.88. The number of aryl methyl sites for hydroxylation is 1. The summed E-state index contributed by atoms with van der Waals surface area (Å²) in [6.45, 7) is 2.80. The first-order chi connectivity index (χ1) is 20.3. The molecule has 0 amide bonds. The molecule has 11 heteroatoms. The van der Waals surface area contributed by atoms with Gasteiger partial charge in [-0.3, -0.25) is 4.79 Å². The Kier molecular flexibility index (Phi) is 8.40. The van der Waals surface area contributed by atoms with Gasteiger partial charge in [0.25, 0.3) is 5.56 Å². The number of nitrogens with zero attached hydrogens (tertiary/aromatic N) is 5. The van der Waals surface area contributed by atoms with Gasteiger partial charge in [-0.25, -0.2) is 14.4 Å². The van der Waals surface area contributed by atoms with E-state index in [0.717, 1.165) is 6.07 Å². The summed E-state index contributed by atoms with van der Waals surface area (Å²) in [6, 6.07) is 19.5. The maximum Gasteiger partial charge on any atom is 0.251 e. The van der Waals surface area contributed by atoms with E-state index in [4.69, 9.17) is 19.7 Å². The van der Waals surface area contributed by atoms with Gasteiger partial charge in [-0.15, -0.1) is 0 Å². The standard InChI is InChI=1S/C31H28FN5O5/c1-19-12-23(25-4-3-5-29(35-25)42-18-22-7-6-20(16-33)13-24(22)32)15-30(38)37(19)17-28-34-26-9-8-21(31(39)40)14-27(26)36(28)10-11-41-2/h3-9,12-15,31,39-40H,10-11,17-18H2,1-2H3. The van der Waals surface area contributed by atoms with Gasteiger partial charge in [0.15, 0.2) is 6.29 Å². The van der Waals surface area contributed by atoms with Crippen molar-refractivity contribution in [2.75, 3.05) is 13.7 Å². The maximum absolute atomic E-state index is 14.2. The van der Waals surface area contributed by atoms with Crippen LogP contribution in [0.5, 0.6) is 5.88 Å². The lowest BCUT2D eigenvalue weighted by molar-refractivity contribution is -0.0424. The predicted octanol–water partition coefficient (Wildman–Crippen LogP) is 3.84. The minimum atomic E-state index is -1.62. The van der Waals surface area contributed by atoms with Gasteiger partial charge in [-0.2, -0.15) is 5.26 Å². The fourth-order valence-corrected chi connectivity index (χ4v) is 4.67. The van der Waals surface area contributed by atoms with E-state index < -0.39 is 12.1 Å². The Morgan fingerprint density at radius 1 is 1.05 bits per heavy atom. The summed E-state index contributed by atoms with van der Waals surface area (Å²) in [7, 11) is 1.59. The summed E-state index contributed by atoms with van der Waals surface area (Å²) in [6.07, 6.45) is -1.62. The summed E-state index contributed by atoms with van der Waals surface area (Å²) in [5.41, 5.74) is 3.76. The third kappa shape index (κ3) is 6.06. The molecule has 0 aliphatic rings. The molecule has 0 saturated carbocycles. The molecule has 0 saturated heterocycles. The van der Waals surface area contributed by atoms with Crippen LogP contribution in [0.4, 0.5) is 4.39 Å². The van der Waals surface area contributed by atoms with E-state index in [0.29, 0.717) is 58.1 Å². The number of aliphatic hydroxyl groups excluding tert-OH is 1. The average molecular weight is 570 g/mol. The molecule has 0 fully saturated rings. The second-order valence-corrected chi connectivity index (χ2v) is 9.67. The highest BCUT2D eigenvalue weighted by Gasteiger charge is 2.16. The van der Waals surface area contributed by atoms with Gasteiger partial charge in [0.2, 0.25) is 5.88 Å². The van der Waals surface area contributed by atoms with Crippen LogP contribution in [0, 0.1) is 24.1 Å². The smallest absolute Gasteiger partial charge is 0.251 e. The first kappa shape index (κ1) is 28.6. The van der Waals surface area contributed by atoms with Crippen molar-refractivity contribution in [1.82, 2.24) is 19.1 Å². The molecule has 3 aromatic heterocycles. The second kappa shape index (κ2) is 12.3. The number of methoxy groups -OCH3 is 1. The van der Waals surface area contributed by atoms with Gasteiger partial charge in [0, 0.05) is 48.2 Å². The highest BCUT2D eigenvalue weighted by atomic mass is 19.1. The number of fused-ring (bicyclic) bond motifs is 1. The lowest BCUT2D eigenvalue weighted by Gasteiger charge is -2.14. The van der Waals surface area contributed by atoms with Gasteiger partial charge in [0.1, 0.15) is 18.2 Å². The number of benzene rings is 2. The fourth-order valence-electron chi connectivity index (χ4n) is 4.67. The topological polar surface area (TPSA) is 135 Å². The minimum Gasteiger partial charge on any atom is -0.473 e. The van der Waals surface area contributed by atoms with Gasteiger partial charge in [-0.05, 0) is 43.3 Å². The number of pyridine rings is 2. The summed E-state index contributed by atoms with van der Waals surface area (Å²) >= 11 is 0. The van der Waals surface area contributed by atoms with Crippen LogP contribution in [0.3, 0.4) is 0 Å². The first-order valence-electron chi connectivity index (χ1n) is 13.1. The lowest BCUT2D eigenvalue weighted by atomic mass is 10.1. The third-order valence-electron chi connectivity index (χ3n) is 6.88. The van der Waals surface area contributed by atoms with Crippen LogP contribution in [0.2, 0.25) is 0 Å². The van der Waals surface area contributed by atoms with Crippen molar-refractivity contribution < 1.29 is 24.1 Å². The molecule has 10 nitrogen and oxygen atoms in total. The fraction of sp³-hybridized carbons (Fsp3) is 0.226. The van der Waals surface area contributed by atoms with Crippen molar-refractivity contribution in [3.8, 4) is 23.2 Å². The molecule has 3 heterocycles. The van der Waals surface area contributed by atoms with E-state index in [2.05, 4.69) is 4.98 Å². The Balaban J connectivity index is 1.40.